The lowest BCUT2D eigenvalue weighted by atomic mass is 9.78. The Hall–Kier alpha value is -6.02. The molecule has 5 aliphatic rings. The highest BCUT2D eigenvalue weighted by Gasteiger charge is 2.50. The quantitative estimate of drug-likeness (QED) is 0.0605. The number of fused-ring (bicyclic) bond motifs is 13. The maximum absolute atomic E-state index is 14.8. The van der Waals surface area contributed by atoms with Crippen LogP contribution in [-0.4, -0.2) is 116 Å². The first-order chi connectivity index (χ1) is 32.5. The van der Waals surface area contributed by atoms with E-state index in [9.17, 15) is 39.6 Å². The third-order valence-corrected chi connectivity index (χ3v) is 13.3. The number of esters is 1. The van der Waals surface area contributed by atoms with Gasteiger partial charge in [0.25, 0.3) is 11.7 Å². The molecule has 5 bridgehead atoms. The number of likely N-dealkylation sites (tertiary alicyclic amines) is 1. The number of ether oxygens (including phenoxy) is 3. The summed E-state index contributed by atoms with van der Waals surface area (Å²) >= 11 is 0. The maximum atomic E-state index is 14.8. The molecule has 69 heavy (non-hydrogen) atoms. The van der Waals surface area contributed by atoms with Gasteiger partial charge in [0.15, 0.2) is 11.4 Å². The van der Waals surface area contributed by atoms with Crippen LogP contribution < -0.4 is 32.3 Å². The van der Waals surface area contributed by atoms with Crippen LogP contribution in [0.3, 0.4) is 0 Å². The molecule has 378 valence electrons. The van der Waals surface area contributed by atoms with Gasteiger partial charge in [0.2, 0.25) is 0 Å². The number of ketones is 1. The van der Waals surface area contributed by atoms with Gasteiger partial charge in [-0.15, -0.1) is 0 Å². The van der Waals surface area contributed by atoms with E-state index in [1.54, 1.807) is 32.1 Å². The molecule has 7 atom stereocenters. The van der Waals surface area contributed by atoms with Crippen molar-refractivity contribution < 1.29 is 58.9 Å². The first-order valence-electron chi connectivity index (χ1n) is 23.5. The number of Topliss-reactive ketones (excluding diaryl/α,β-unsaturated/α-hetero) is 1. The fourth-order valence-corrected chi connectivity index (χ4v) is 9.68. The molecule has 1 amide bonds. The zero-order valence-corrected chi connectivity index (χ0v) is 41.4. The number of carboxylic acids is 1. The summed E-state index contributed by atoms with van der Waals surface area (Å²) in [5.41, 5.74) is 4.41. The number of hydrogen-bond acceptors (Lipinski definition) is 17. The number of rotatable bonds is 8. The van der Waals surface area contributed by atoms with Crippen LogP contribution >= 0.6 is 0 Å². The third kappa shape index (κ3) is 11.5. The molecule has 1 fully saturated rings. The summed E-state index contributed by atoms with van der Waals surface area (Å²) in [5.74, 6) is -1.10. The van der Waals surface area contributed by atoms with Crippen LogP contribution in [0.4, 0.5) is 5.69 Å². The van der Waals surface area contributed by atoms with Crippen LogP contribution in [-0.2, 0) is 23.9 Å². The van der Waals surface area contributed by atoms with Gasteiger partial charge in [-0.25, -0.2) is 10.6 Å². The van der Waals surface area contributed by atoms with E-state index in [0.29, 0.717) is 50.3 Å². The summed E-state index contributed by atoms with van der Waals surface area (Å²) in [5, 5.41) is 56.2. The zero-order valence-electron chi connectivity index (χ0n) is 41.4. The number of carbonyl (C=O) groups is 4. The van der Waals surface area contributed by atoms with Crippen LogP contribution in [0, 0.1) is 36.5 Å². The number of piperidine rings is 1. The monoisotopic (exact) mass is 962 g/mol. The largest absolute Gasteiger partial charge is 0.507 e. The van der Waals surface area contributed by atoms with Crippen molar-refractivity contribution in [1.29, 1.82) is 0 Å². The molecule has 10 N–H and O–H groups in total. The van der Waals surface area contributed by atoms with Crippen molar-refractivity contribution in [1.82, 2.24) is 9.91 Å². The molecule has 0 saturated carbocycles. The van der Waals surface area contributed by atoms with Crippen molar-refractivity contribution >= 4 is 40.1 Å². The average Bonchev–Trinajstić information content (AvgIpc) is 3.79. The normalized spacial score (nSPS) is 28.0. The minimum atomic E-state index is -1.95. The Morgan fingerprint density at radius 3 is 2.33 bits per heavy atom. The molecule has 5 heterocycles. The van der Waals surface area contributed by atoms with Crippen LogP contribution in [0.2, 0.25) is 0 Å². The van der Waals surface area contributed by atoms with Gasteiger partial charge in [0.05, 0.1) is 28.7 Å². The maximum Gasteiger partial charge on any atom is 0.353 e. The molecule has 7 rings (SSSR count). The van der Waals surface area contributed by atoms with E-state index in [2.05, 4.69) is 24.1 Å². The van der Waals surface area contributed by atoms with Gasteiger partial charge >= 0.3 is 17.7 Å². The number of allylic oxidation sites excluding steroid dienone is 4. The van der Waals surface area contributed by atoms with E-state index in [-0.39, 0.29) is 68.1 Å². The Labute approximate surface area is 402 Å². The van der Waals surface area contributed by atoms with Crippen molar-refractivity contribution in [3.63, 3.8) is 0 Å². The van der Waals surface area contributed by atoms with Crippen LogP contribution in [0.15, 0.2) is 58.0 Å². The van der Waals surface area contributed by atoms with E-state index in [1.807, 2.05) is 33.8 Å². The van der Waals surface area contributed by atoms with E-state index < -0.39 is 77.1 Å². The van der Waals surface area contributed by atoms with E-state index >= 15 is 0 Å². The highest BCUT2D eigenvalue weighted by atomic mass is 16.7. The lowest BCUT2D eigenvalue weighted by Gasteiger charge is -2.36. The number of phenolic OH excluding ortho intramolecular Hbond substituents is 2. The Kier molecular flexibility index (Phi) is 17.3. The van der Waals surface area contributed by atoms with Gasteiger partial charge in [-0.3, -0.25) is 24.4 Å². The molecule has 2 aromatic carbocycles. The number of hydrogen-bond donors (Lipinski definition) is 8. The lowest BCUT2D eigenvalue weighted by Crippen LogP contribution is -2.44. The van der Waals surface area contributed by atoms with Gasteiger partial charge < -0.3 is 60.7 Å². The predicted molar refractivity (Wildman–Crippen MR) is 258 cm³/mol. The summed E-state index contributed by atoms with van der Waals surface area (Å²) in [4.78, 5) is 66.0. The molecule has 1 spiro atoms. The highest BCUT2D eigenvalue weighted by molar-refractivity contribution is 6.19. The smallest absolute Gasteiger partial charge is 0.353 e. The molecule has 19 heteroatoms. The molecule has 0 radical (unpaired) electrons. The number of aromatic hydroxyl groups is 2. The molecule has 0 aliphatic carbocycles. The molecule has 2 aromatic rings. The number of anilines is 1. The first kappa shape index (κ1) is 53.9. The van der Waals surface area contributed by atoms with Gasteiger partial charge in [-0.1, -0.05) is 59.8 Å². The number of nitrogens with two attached hydrogens (primary N) is 2. The number of benzene rings is 2. The van der Waals surface area contributed by atoms with Gasteiger partial charge in [-0.2, -0.15) is 0 Å². The van der Waals surface area contributed by atoms with Crippen molar-refractivity contribution in [3.8, 4) is 17.2 Å². The summed E-state index contributed by atoms with van der Waals surface area (Å²) < 4.78 is 18.5. The Balaban J connectivity index is 0.00000438. The number of carboxylic acid groups (broad SMARTS) is 1. The molecule has 4 unspecified atom stereocenters. The minimum absolute atomic E-state index is 0.0341. The summed E-state index contributed by atoms with van der Waals surface area (Å²) in [6.45, 7) is 18.3. The van der Waals surface area contributed by atoms with Gasteiger partial charge in [0.1, 0.15) is 40.9 Å². The first-order valence-corrected chi connectivity index (χ1v) is 23.5. The molecule has 5 aliphatic heterocycles. The summed E-state index contributed by atoms with van der Waals surface area (Å²) in [6, 6.07) is 0. The number of aliphatic hydroxyl groups is 2. The second-order valence-corrected chi connectivity index (χ2v) is 19.3. The van der Waals surface area contributed by atoms with Crippen molar-refractivity contribution in [3.05, 3.63) is 69.9 Å². The second-order valence-electron chi connectivity index (χ2n) is 19.3. The molecule has 0 aromatic heterocycles. The van der Waals surface area contributed by atoms with Crippen molar-refractivity contribution in [2.75, 3.05) is 38.6 Å². The fourth-order valence-electron chi connectivity index (χ4n) is 9.68. The van der Waals surface area contributed by atoms with Crippen LogP contribution in [0.5, 0.6) is 17.2 Å². The topological polar surface area (TPSA) is 292 Å². The number of amides is 1. The number of nitrogens with one attached hydrogen (secondary N) is 1. The predicted octanol–water partition coefficient (Wildman–Crippen LogP) is 4.19. The Morgan fingerprint density at radius 1 is 1.06 bits per heavy atom. The summed E-state index contributed by atoms with van der Waals surface area (Å²) in [7, 11) is 1.00. The standard InChI is InChI=1S/C49H67N7O11.CH4O/c1-10-31-40(58)29(7)21-26(4)13-11-14-28(6)46(62)52-39-38-37(53-49(54-38)16-18-55(19-17-49)22-25(2)3)34-35(42(39)60)41(59)30(8)44-36(34)45(61)48(9,67-44)65-20-12-15-27(5)43(31)66-33(57)24-56(51)23-32(50)47(63)64;1-2/h11-14,20,23,25-27,29,31,40,43,58-60H,10,15-19,21-22,24,50-51H2,1-9H3,(H,52,62)(H,63,64);2H,1H3/b13-11+,20-12+,28-14-,32-23-;/t26?,27-,29-,31-,40?,43?,48?;/m1./s1. The van der Waals surface area contributed by atoms with Gasteiger partial charge in [-0.05, 0) is 62.9 Å². The molecule has 19 nitrogen and oxygen atoms in total. The third-order valence-electron chi connectivity index (χ3n) is 13.3. The van der Waals surface area contributed by atoms with E-state index in [4.69, 9.17) is 40.9 Å². The van der Waals surface area contributed by atoms with E-state index in [0.717, 1.165) is 24.9 Å². The fraction of sp³-hybridized carbons (Fsp3) is 0.560. The lowest BCUT2D eigenvalue weighted by molar-refractivity contribution is -0.160. The number of nitrogens with zero attached hydrogens (tertiary/aromatic N) is 4. The number of carbonyl (C=O) groups excluding carboxylic acids is 3. The molecule has 1 saturated heterocycles. The van der Waals surface area contributed by atoms with Crippen molar-refractivity contribution in [2.45, 2.75) is 118 Å². The van der Waals surface area contributed by atoms with E-state index in [1.165, 1.54) is 13.2 Å². The number of hydrazine groups is 1. The zero-order chi connectivity index (χ0) is 51.3. The molecular formula is C50H71N7O12. The Morgan fingerprint density at radius 2 is 1.71 bits per heavy atom. The number of phenols is 2. The molecular weight excluding hydrogens is 891 g/mol. The Bertz CT molecular complexity index is 2550. The second kappa shape index (κ2) is 22.2. The SMILES string of the molecule is CC[C@@H]1C(O)[C@H](C)CC(C)/C=C/C=C(/C)C(=O)Nc2c(O)c3c(O)c(C)c4c(c3c3c2=NC2(CCN(CC(C)C)CC2)N=3)C(=O)C(C)(O/C=C/C[C@@H](C)C1OC(=O)CN(N)/C=C(\N)C(=O)O)O4.CO. The van der Waals surface area contributed by atoms with Crippen molar-refractivity contribution in [2.24, 2.45) is 51.2 Å². The number of aliphatic hydroxyl groups excluding tert-OH is 2. The average molecular weight is 962 g/mol. The summed E-state index contributed by atoms with van der Waals surface area (Å²) in [6.07, 6.45) is 9.66. The minimum Gasteiger partial charge on any atom is -0.507 e. The van der Waals surface area contributed by atoms with Gasteiger partial charge in [0, 0.05) is 75.2 Å². The van der Waals surface area contributed by atoms with Crippen LogP contribution in [0.25, 0.3) is 10.8 Å². The van der Waals surface area contributed by atoms with Crippen LogP contribution in [0.1, 0.15) is 103 Å². The number of aliphatic carboxylic acids is 1. The highest BCUT2D eigenvalue weighted by Crippen LogP contribution is 2.50.